The fourth-order valence-corrected chi connectivity index (χ4v) is 1.91. The van der Waals surface area contributed by atoms with Gasteiger partial charge in [-0.2, -0.15) is 0 Å². The third-order valence-corrected chi connectivity index (χ3v) is 2.48. The van der Waals surface area contributed by atoms with Crippen molar-refractivity contribution in [2.75, 3.05) is 12.3 Å². The zero-order valence-electron chi connectivity index (χ0n) is 5.31. The molecule has 0 aromatic heterocycles. The van der Waals surface area contributed by atoms with Crippen molar-refractivity contribution in [1.29, 1.82) is 0 Å². The Bertz CT molecular complexity index is 242. The quantitative estimate of drug-likeness (QED) is 0.547. The second-order valence-electron chi connectivity index (χ2n) is 2.15. The molecule has 0 atom stereocenters. The number of hydrogen-bond acceptors (Lipinski definition) is 3. The Kier molecular flexibility index (Phi) is 1.31. The molecule has 10 heavy (non-hydrogen) atoms. The Labute approximate surface area is 63.4 Å². The second-order valence-corrected chi connectivity index (χ2v) is 3.13. The highest BCUT2D eigenvalue weighted by Crippen LogP contribution is 2.28. The summed E-state index contributed by atoms with van der Waals surface area (Å²) in [6, 6.07) is 0. The van der Waals surface area contributed by atoms with Gasteiger partial charge in [0.05, 0.1) is 11.4 Å². The number of hydrogen-bond donors (Lipinski definition) is 1. The van der Waals surface area contributed by atoms with Crippen LogP contribution in [0.15, 0.2) is 16.7 Å². The van der Waals surface area contributed by atoms with E-state index >= 15 is 0 Å². The van der Waals surface area contributed by atoms with E-state index < -0.39 is 0 Å². The van der Waals surface area contributed by atoms with Crippen LogP contribution >= 0.6 is 11.8 Å². The summed E-state index contributed by atoms with van der Waals surface area (Å²) < 4.78 is 0. The lowest BCUT2D eigenvalue weighted by Crippen LogP contribution is -2.21. The molecule has 0 aromatic rings. The van der Waals surface area contributed by atoms with Crippen LogP contribution in [0.25, 0.3) is 0 Å². The second kappa shape index (κ2) is 2.16. The van der Waals surface area contributed by atoms with Gasteiger partial charge in [0.25, 0.3) is 0 Å². The van der Waals surface area contributed by atoms with E-state index in [1.165, 1.54) is 0 Å². The fraction of sp³-hybridized carbons (Fsp3) is 0.286. The summed E-state index contributed by atoms with van der Waals surface area (Å²) in [7, 11) is 0. The molecule has 2 heterocycles. The van der Waals surface area contributed by atoms with Gasteiger partial charge in [0, 0.05) is 11.4 Å². The van der Waals surface area contributed by atoms with Crippen molar-refractivity contribution in [2.24, 2.45) is 0 Å². The topological polar surface area (TPSA) is 29.1 Å². The molecule has 0 unspecified atom stereocenters. The molecule has 2 aliphatic heterocycles. The fourth-order valence-electron chi connectivity index (χ4n) is 0.998. The van der Waals surface area contributed by atoms with E-state index in [1.807, 2.05) is 6.08 Å². The number of ketones is 1. The third-order valence-electron chi connectivity index (χ3n) is 1.47. The zero-order chi connectivity index (χ0) is 6.97. The molecule has 51 valence electrons. The van der Waals surface area contributed by atoms with E-state index in [-0.39, 0.29) is 5.78 Å². The van der Waals surface area contributed by atoms with E-state index in [4.69, 9.17) is 0 Å². The highest BCUT2D eigenvalue weighted by atomic mass is 32.2. The Balaban J connectivity index is 2.38. The van der Waals surface area contributed by atoms with Gasteiger partial charge in [-0.05, 0) is 6.08 Å². The van der Waals surface area contributed by atoms with Gasteiger partial charge in [-0.1, -0.05) is 6.08 Å². The van der Waals surface area contributed by atoms with Crippen molar-refractivity contribution in [3.63, 3.8) is 0 Å². The molecular formula is C7H6NOS. The van der Waals surface area contributed by atoms with Crippen LogP contribution in [0, 0.1) is 6.08 Å². The summed E-state index contributed by atoms with van der Waals surface area (Å²) >= 11 is 1.56. The minimum Gasteiger partial charge on any atom is -0.378 e. The van der Waals surface area contributed by atoms with Crippen LogP contribution in [-0.4, -0.2) is 18.1 Å². The lowest BCUT2D eigenvalue weighted by atomic mass is 10.2. The molecule has 2 aliphatic rings. The minimum atomic E-state index is 0.209. The predicted molar refractivity (Wildman–Crippen MR) is 40.3 cm³/mol. The van der Waals surface area contributed by atoms with Gasteiger partial charge in [0.2, 0.25) is 0 Å². The number of thioether (sulfide) groups is 1. The standard InChI is InChI=1S/C7H6NOS/c9-5-4-10-6-2-1-3-8-7(5)6/h1,8H,3-4H2. The molecular weight excluding hydrogens is 146 g/mol. The molecule has 0 fully saturated rings. The van der Waals surface area contributed by atoms with Crippen molar-refractivity contribution >= 4 is 17.5 Å². The summed E-state index contributed by atoms with van der Waals surface area (Å²) in [5.74, 6) is 0.791. The molecule has 0 amide bonds. The molecule has 1 radical (unpaired) electrons. The molecule has 0 saturated heterocycles. The van der Waals surface area contributed by atoms with Crippen molar-refractivity contribution in [3.8, 4) is 0 Å². The van der Waals surface area contributed by atoms with Gasteiger partial charge in [-0.15, -0.1) is 11.8 Å². The molecule has 0 saturated carbocycles. The predicted octanol–water partition coefficient (Wildman–Crippen LogP) is 0.476. The highest BCUT2D eigenvalue weighted by molar-refractivity contribution is 8.04. The first kappa shape index (κ1) is 6.04. The van der Waals surface area contributed by atoms with Gasteiger partial charge in [0.15, 0.2) is 5.78 Å². The first-order valence-electron chi connectivity index (χ1n) is 3.10. The molecule has 0 aliphatic carbocycles. The van der Waals surface area contributed by atoms with Crippen molar-refractivity contribution in [3.05, 3.63) is 22.8 Å². The van der Waals surface area contributed by atoms with Gasteiger partial charge >= 0.3 is 0 Å². The van der Waals surface area contributed by atoms with Crippen molar-refractivity contribution in [1.82, 2.24) is 5.32 Å². The van der Waals surface area contributed by atoms with Crippen molar-refractivity contribution < 1.29 is 4.79 Å². The van der Waals surface area contributed by atoms with Crippen LogP contribution in [0.4, 0.5) is 0 Å². The van der Waals surface area contributed by atoms with Crippen LogP contribution in [0.5, 0.6) is 0 Å². The Morgan fingerprint density at radius 3 is 3.40 bits per heavy atom. The van der Waals surface area contributed by atoms with Gasteiger partial charge in [-0.3, -0.25) is 4.79 Å². The maximum Gasteiger partial charge on any atom is 0.190 e. The average Bonchev–Trinajstić information content (AvgIpc) is 2.34. The van der Waals surface area contributed by atoms with E-state index in [2.05, 4.69) is 11.4 Å². The Morgan fingerprint density at radius 2 is 2.60 bits per heavy atom. The number of allylic oxidation sites excluding steroid dienone is 2. The monoisotopic (exact) mass is 152 g/mol. The SMILES string of the molecule is O=C1CSC2=C1NCC=[C]2. The Hall–Kier alpha value is -0.700. The van der Waals surface area contributed by atoms with Gasteiger partial charge in [-0.25, -0.2) is 0 Å². The first-order chi connectivity index (χ1) is 4.88. The normalized spacial score (nSPS) is 23.0. The van der Waals surface area contributed by atoms with Crippen LogP contribution in [0.2, 0.25) is 0 Å². The molecule has 0 aromatic carbocycles. The number of nitrogens with one attached hydrogen (secondary N) is 1. The molecule has 2 rings (SSSR count). The summed E-state index contributed by atoms with van der Waals surface area (Å²) in [5, 5.41) is 3.02. The molecule has 0 spiro atoms. The lowest BCUT2D eigenvalue weighted by Gasteiger charge is -2.07. The van der Waals surface area contributed by atoms with E-state index in [9.17, 15) is 4.79 Å². The van der Waals surface area contributed by atoms with Gasteiger partial charge in [0.1, 0.15) is 0 Å². The maximum absolute atomic E-state index is 11.0. The van der Waals surface area contributed by atoms with Crippen LogP contribution in [-0.2, 0) is 4.79 Å². The first-order valence-corrected chi connectivity index (χ1v) is 4.09. The molecule has 3 heteroatoms. The Morgan fingerprint density at radius 1 is 1.70 bits per heavy atom. The van der Waals surface area contributed by atoms with E-state index in [1.54, 1.807) is 11.8 Å². The third kappa shape index (κ3) is 0.778. The largest absolute Gasteiger partial charge is 0.378 e. The van der Waals surface area contributed by atoms with Crippen molar-refractivity contribution in [2.45, 2.75) is 0 Å². The van der Waals surface area contributed by atoms with Crippen LogP contribution < -0.4 is 5.32 Å². The highest BCUT2D eigenvalue weighted by Gasteiger charge is 2.23. The van der Waals surface area contributed by atoms with E-state index in [0.29, 0.717) is 5.75 Å². The maximum atomic E-state index is 11.0. The van der Waals surface area contributed by atoms with Crippen LogP contribution in [0.1, 0.15) is 0 Å². The number of dihydropyridines is 1. The number of carbonyl (C=O) groups is 1. The smallest absolute Gasteiger partial charge is 0.190 e. The van der Waals surface area contributed by atoms with Gasteiger partial charge < -0.3 is 5.32 Å². The number of rotatable bonds is 0. The summed E-state index contributed by atoms with van der Waals surface area (Å²) in [4.78, 5) is 12.0. The van der Waals surface area contributed by atoms with Crippen LogP contribution in [0.3, 0.4) is 0 Å². The molecule has 2 nitrogen and oxygen atoms in total. The molecule has 0 bridgehead atoms. The summed E-state index contributed by atoms with van der Waals surface area (Å²) in [6.07, 6.45) is 4.95. The van der Waals surface area contributed by atoms with E-state index in [0.717, 1.165) is 17.1 Å². The summed E-state index contributed by atoms with van der Waals surface area (Å²) in [5.41, 5.74) is 0.771. The minimum absolute atomic E-state index is 0.209. The average molecular weight is 152 g/mol. The lowest BCUT2D eigenvalue weighted by molar-refractivity contribution is -0.113. The number of carbonyl (C=O) groups excluding carboxylic acids is 1. The number of Topliss-reactive ketones (excluding diaryl/α,β-unsaturated/α-hetero) is 1. The summed E-state index contributed by atoms with van der Waals surface area (Å²) in [6.45, 7) is 0.741. The zero-order valence-corrected chi connectivity index (χ0v) is 6.12. The molecule has 1 N–H and O–H groups in total.